The normalized spacial score (nSPS) is 16.3. The van der Waals surface area contributed by atoms with Gasteiger partial charge in [0.1, 0.15) is 17.4 Å². The molecule has 7 nitrogen and oxygen atoms in total. The van der Waals surface area contributed by atoms with Crippen molar-refractivity contribution in [3.63, 3.8) is 0 Å². The van der Waals surface area contributed by atoms with Crippen LogP contribution in [0.25, 0.3) is 11.0 Å². The molecule has 3 heterocycles. The molecule has 0 bridgehead atoms. The minimum Gasteiger partial charge on any atom is -0.376 e. The van der Waals surface area contributed by atoms with E-state index in [0.29, 0.717) is 29.3 Å². The van der Waals surface area contributed by atoms with Crippen molar-refractivity contribution in [2.75, 3.05) is 23.8 Å². The smallest absolute Gasteiger partial charge is 0.223 e. The molecule has 26 heavy (non-hydrogen) atoms. The fraction of sp³-hybridized carbons (Fsp3) is 0.263. The van der Waals surface area contributed by atoms with Gasteiger partial charge in [0.05, 0.1) is 12.3 Å². The molecule has 1 unspecified atom stereocenters. The largest absolute Gasteiger partial charge is 0.376 e. The Bertz CT molecular complexity index is 962. The van der Waals surface area contributed by atoms with Gasteiger partial charge in [0.15, 0.2) is 5.82 Å². The summed E-state index contributed by atoms with van der Waals surface area (Å²) in [6, 6.07) is 7.57. The third kappa shape index (κ3) is 3.55. The molecule has 0 saturated carbocycles. The van der Waals surface area contributed by atoms with E-state index in [2.05, 4.69) is 36.5 Å². The molecule has 2 N–H and O–H groups in total. The van der Waals surface area contributed by atoms with Crippen LogP contribution in [0.4, 0.5) is 17.5 Å². The van der Waals surface area contributed by atoms with Gasteiger partial charge < -0.3 is 15.4 Å². The molecule has 7 heteroatoms. The summed E-state index contributed by atoms with van der Waals surface area (Å²) in [6.45, 7) is 1.51. The van der Waals surface area contributed by atoms with Crippen LogP contribution >= 0.6 is 0 Å². The number of ether oxygens (including phenoxy) is 1. The average molecular weight is 346 g/mol. The quantitative estimate of drug-likeness (QED) is 0.687. The van der Waals surface area contributed by atoms with Crippen molar-refractivity contribution in [3.05, 3.63) is 42.4 Å². The molecular weight excluding hydrogens is 328 g/mol. The third-order valence-electron chi connectivity index (χ3n) is 4.18. The molecule has 4 rings (SSSR count). The SMILES string of the molecule is C#Cc1cccc(Nc2ncnc3cnc(NCC4CCCO4)nc23)c1. The first-order valence-corrected chi connectivity index (χ1v) is 8.49. The van der Waals surface area contributed by atoms with Gasteiger partial charge in [-0.15, -0.1) is 6.42 Å². The van der Waals surface area contributed by atoms with Crippen LogP contribution in [0, 0.1) is 12.3 Å². The van der Waals surface area contributed by atoms with Crippen molar-refractivity contribution >= 4 is 28.5 Å². The minimum atomic E-state index is 0.213. The molecule has 0 spiro atoms. The predicted molar refractivity (Wildman–Crippen MR) is 100 cm³/mol. The second-order valence-corrected chi connectivity index (χ2v) is 6.02. The molecule has 1 fully saturated rings. The Balaban J connectivity index is 1.59. The standard InChI is InChI=1S/C19H18N6O/c1-2-13-5-3-6-14(9-13)24-18-17-16(22-12-23-18)11-21-19(25-17)20-10-15-7-4-8-26-15/h1,3,5-6,9,11-12,15H,4,7-8,10H2,(H,20,21,25)(H,22,23,24). The predicted octanol–water partition coefficient (Wildman–Crippen LogP) is 2.74. The highest BCUT2D eigenvalue weighted by Gasteiger charge is 2.16. The summed E-state index contributed by atoms with van der Waals surface area (Å²) >= 11 is 0. The number of rotatable bonds is 5. The number of terminal acetylenes is 1. The molecule has 0 aliphatic carbocycles. The van der Waals surface area contributed by atoms with Gasteiger partial charge in [-0.2, -0.15) is 0 Å². The molecule has 130 valence electrons. The van der Waals surface area contributed by atoms with Crippen molar-refractivity contribution in [2.45, 2.75) is 18.9 Å². The fourth-order valence-electron chi connectivity index (χ4n) is 2.86. The van der Waals surface area contributed by atoms with E-state index in [9.17, 15) is 0 Å². The van der Waals surface area contributed by atoms with E-state index in [1.807, 2.05) is 24.3 Å². The summed E-state index contributed by atoms with van der Waals surface area (Å²) in [4.78, 5) is 17.4. The summed E-state index contributed by atoms with van der Waals surface area (Å²) in [6.07, 6.45) is 11.0. The second kappa shape index (κ2) is 7.33. The van der Waals surface area contributed by atoms with E-state index in [0.717, 1.165) is 30.7 Å². The molecule has 1 aliphatic heterocycles. The fourth-order valence-corrected chi connectivity index (χ4v) is 2.86. The van der Waals surface area contributed by atoms with Gasteiger partial charge in [-0.3, -0.25) is 0 Å². The van der Waals surface area contributed by atoms with E-state index >= 15 is 0 Å². The number of hydrogen-bond acceptors (Lipinski definition) is 7. The number of aromatic nitrogens is 4. The molecule has 1 saturated heterocycles. The number of benzene rings is 1. The first-order valence-electron chi connectivity index (χ1n) is 8.49. The summed E-state index contributed by atoms with van der Waals surface area (Å²) in [5.41, 5.74) is 2.94. The van der Waals surface area contributed by atoms with Crippen LogP contribution in [-0.2, 0) is 4.74 Å². The summed E-state index contributed by atoms with van der Waals surface area (Å²) in [5, 5.41) is 6.49. The minimum absolute atomic E-state index is 0.213. The molecule has 0 amide bonds. The lowest BCUT2D eigenvalue weighted by Gasteiger charge is -2.12. The van der Waals surface area contributed by atoms with Crippen LogP contribution in [-0.4, -0.2) is 39.2 Å². The zero-order valence-electron chi connectivity index (χ0n) is 14.1. The first kappa shape index (κ1) is 16.2. The van der Waals surface area contributed by atoms with Gasteiger partial charge in [0, 0.05) is 24.4 Å². The maximum absolute atomic E-state index is 5.62. The Morgan fingerprint density at radius 1 is 1.27 bits per heavy atom. The Morgan fingerprint density at radius 2 is 2.23 bits per heavy atom. The van der Waals surface area contributed by atoms with Crippen LogP contribution in [0.15, 0.2) is 36.8 Å². The Morgan fingerprint density at radius 3 is 3.08 bits per heavy atom. The highest BCUT2D eigenvalue weighted by molar-refractivity contribution is 5.87. The molecule has 1 atom stereocenters. The highest BCUT2D eigenvalue weighted by atomic mass is 16.5. The summed E-state index contributed by atoms with van der Waals surface area (Å²) in [5.74, 6) is 3.76. The van der Waals surface area contributed by atoms with Gasteiger partial charge >= 0.3 is 0 Å². The molecule has 0 radical (unpaired) electrons. The molecule has 2 aromatic heterocycles. The van der Waals surface area contributed by atoms with Crippen molar-refractivity contribution in [2.24, 2.45) is 0 Å². The number of fused-ring (bicyclic) bond motifs is 1. The second-order valence-electron chi connectivity index (χ2n) is 6.02. The van der Waals surface area contributed by atoms with Crippen molar-refractivity contribution in [1.82, 2.24) is 19.9 Å². The van der Waals surface area contributed by atoms with Crippen LogP contribution in [0.3, 0.4) is 0 Å². The van der Waals surface area contributed by atoms with Gasteiger partial charge in [-0.25, -0.2) is 19.9 Å². The first-order chi connectivity index (χ1) is 12.8. The number of nitrogens with zero attached hydrogens (tertiary/aromatic N) is 4. The van der Waals surface area contributed by atoms with Crippen molar-refractivity contribution < 1.29 is 4.74 Å². The summed E-state index contributed by atoms with van der Waals surface area (Å²) in [7, 11) is 0. The van der Waals surface area contributed by atoms with Crippen LogP contribution < -0.4 is 10.6 Å². The van der Waals surface area contributed by atoms with Crippen LogP contribution in [0.5, 0.6) is 0 Å². The Hall–Kier alpha value is -3.24. The third-order valence-corrected chi connectivity index (χ3v) is 4.18. The van der Waals surface area contributed by atoms with Crippen LogP contribution in [0.2, 0.25) is 0 Å². The number of anilines is 3. The van der Waals surface area contributed by atoms with E-state index in [1.165, 1.54) is 6.33 Å². The maximum Gasteiger partial charge on any atom is 0.223 e. The molecule has 3 aromatic rings. The summed E-state index contributed by atoms with van der Waals surface area (Å²) < 4.78 is 5.62. The van der Waals surface area contributed by atoms with Gasteiger partial charge in [0.2, 0.25) is 5.95 Å². The molecule has 1 aromatic carbocycles. The van der Waals surface area contributed by atoms with E-state index in [-0.39, 0.29) is 6.10 Å². The van der Waals surface area contributed by atoms with Gasteiger partial charge in [-0.1, -0.05) is 12.0 Å². The van der Waals surface area contributed by atoms with E-state index in [4.69, 9.17) is 11.2 Å². The highest BCUT2D eigenvalue weighted by Crippen LogP contribution is 2.22. The lowest BCUT2D eigenvalue weighted by molar-refractivity contribution is 0.120. The number of nitrogens with one attached hydrogen (secondary N) is 2. The molecule has 1 aliphatic rings. The molecular formula is C19H18N6O. The zero-order valence-corrected chi connectivity index (χ0v) is 14.1. The monoisotopic (exact) mass is 346 g/mol. The van der Waals surface area contributed by atoms with Crippen molar-refractivity contribution in [3.8, 4) is 12.3 Å². The van der Waals surface area contributed by atoms with E-state index < -0.39 is 0 Å². The topological polar surface area (TPSA) is 84.9 Å². The van der Waals surface area contributed by atoms with E-state index in [1.54, 1.807) is 6.20 Å². The van der Waals surface area contributed by atoms with Crippen molar-refractivity contribution in [1.29, 1.82) is 0 Å². The lowest BCUT2D eigenvalue weighted by atomic mass is 10.2. The zero-order chi connectivity index (χ0) is 17.8. The average Bonchev–Trinajstić information content (AvgIpc) is 3.20. The van der Waals surface area contributed by atoms with Gasteiger partial charge in [0.25, 0.3) is 0 Å². The Kier molecular flexibility index (Phi) is 4.58. The van der Waals surface area contributed by atoms with Gasteiger partial charge in [-0.05, 0) is 31.0 Å². The van der Waals surface area contributed by atoms with Crippen LogP contribution in [0.1, 0.15) is 18.4 Å². The lowest BCUT2D eigenvalue weighted by Crippen LogP contribution is -2.19. The number of hydrogen-bond donors (Lipinski definition) is 2. The maximum atomic E-state index is 5.62. The Labute approximate surface area is 151 Å².